The fourth-order valence-corrected chi connectivity index (χ4v) is 1.53. The summed E-state index contributed by atoms with van der Waals surface area (Å²) in [5.74, 6) is -0.239. The largest absolute Gasteiger partial charge is 0.573 e. The molecular formula is C13H18F3NO2. The molecule has 0 aliphatic rings. The van der Waals surface area contributed by atoms with Gasteiger partial charge in [0.15, 0.2) is 0 Å². The van der Waals surface area contributed by atoms with Crippen molar-refractivity contribution in [2.45, 2.75) is 38.8 Å². The van der Waals surface area contributed by atoms with Gasteiger partial charge in [0.05, 0.1) is 6.10 Å². The molecule has 2 atom stereocenters. The van der Waals surface area contributed by atoms with Crippen LogP contribution in [0.1, 0.15) is 31.9 Å². The number of rotatable bonds is 6. The highest BCUT2D eigenvalue weighted by atomic mass is 19.4. The van der Waals surface area contributed by atoms with Crippen LogP contribution in [0.5, 0.6) is 5.75 Å². The Morgan fingerprint density at radius 3 is 2.32 bits per heavy atom. The summed E-state index contributed by atoms with van der Waals surface area (Å²) in [6.07, 6.45) is -4.44. The molecule has 0 saturated carbocycles. The Kier molecular flexibility index (Phi) is 5.62. The summed E-state index contributed by atoms with van der Waals surface area (Å²) in [5, 5.41) is 12.5. The Labute approximate surface area is 110 Å². The van der Waals surface area contributed by atoms with Crippen LogP contribution in [0.4, 0.5) is 13.2 Å². The Balaban J connectivity index is 2.55. The van der Waals surface area contributed by atoms with Gasteiger partial charge >= 0.3 is 6.36 Å². The summed E-state index contributed by atoms with van der Waals surface area (Å²) >= 11 is 0. The number of alkyl halides is 3. The zero-order chi connectivity index (χ0) is 14.5. The van der Waals surface area contributed by atoms with E-state index >= 15 is 0 Å². The molecule has 1 aromatic rings. The molecule has 2 unspecified atom stereocenters. The van der Waals surface area contributed by atoms with Crippen LogP contribution in [0.15, 0.2) is 24.3 Å². The first kappa shape index (κ1) is 15.8. The Morgan fingerprint density at radius 1 is 1.26 bits per heavy atom. The van der Waals surface area contributed by atoms with E-state index in [9.17, 15) is 18.3 Å². The lowest BCUT2D eigenvalue weighted by atomic mass is 10.1. The maximum absolute atomic E-state index is 12.0. The van der Waals surface area contributed by atoms with Crippen molar-refractivity contribution in [3.8, 4) is 5.75 Å². The lowest BCUT2D eigenvalue weighted by Gasteiger charge is -2.17. The molecule has 2 N–H and O–H groups in total. The van der Waals surface area contributed by atoms with E-state index in [4.69, 9.17) is 0 Å². The highest BCUT2D eigenvalue weighted by Gasteiger charge is 2.30. The van der Waals surface area contributed by atoms with E-state index in [0.717, 1.165) is 5.56 Å². The van der Waals surface area contributed by atoms with Crippen LogP contribution >= 0.6 is 0 Å². The number of aliphatic hydroxyl groups excluding tert-OH is 1. The Hall–Kier alpha value is -1.27. The molecule has 0 spiro atoms. The number of hydrogen-bond acceptors (Lipinski definition) is 3. The summed E-state index contributed by atoms with van der Waals surface area (Å²) in [7, 11) is 0. The van der Waals surface area contributed by atoms with Crippen LogP contribution in [0.3, 0.4) is 0 Å². The van der Waals surface area contributed by atoms with Gasteiger partial charge in [-0.25, -0.2) is 0 Å². The van der Waals surface area contributed by atoms with Crippen LogP contribution in [-0.4, -0.2) is 24.1 Å². The smallest absolute Gasteiger partial charge is 0.406 e. The number of aliphatic hydroxyl groups is 1. The SMILES string of the molecule is CCC(O)CNC(C)c1ccc(OC(F)(F)F)cc1. The van der Waals surface area contributed by atoms with E-state index in [1.165, 1.54) is 12.1 Å². The van der Waals surface area contributed by atoms with Crippen molar-refractivity contribution in [3.63, 3.8) is 0 Å². The molecule has 0 bridgehead atoms. The molecule has 0 amide bonds. The summed E-state index contributed by atoms with van der Waals surface area (Å²) in [5.41, 5.74) is 0.831. The van der Waals surface area contributed by atoms with E-state index < -0.39 is 12.5 Å². The normalized spacial score (nSPS) is 15.1. The van der Waals surface area contributed by atoms with Crippen molar-refractivity contribution in [1.82, 2.24) is 5.32 Å². The molecule has 3 nitrogen and oxygen atoms in total. The number of ether oxygens (including phenoxy) is 1. The first-order valence-corrected chi connectivity index (χ1v) is 6.09. The minimum Gasteiger partial charge on any atom is -0.406 e. The molecule has 0 aliphatic carbocycles. The molecule has 0 saturated heterocycles. The van der Waals surface area contributed by atoms with Gasteiger partial charge in [-0.1, -0.05) is 19.1 Å². The van der Waals surface area contributed by atoms with Crippen molar-refractivity contribution in [2.75, 3.05) is 6.54 Å². The quantitative estimate of drug-likeness (QED) is 0.840. The summed E-state index contributed by atoms with van der Waals surface area (Å²) < 4.78 is 39.8. The fraction of sp³-hybridized carbons (Fsp3) is 0.538. The second kappa shape index (κ2) is 6.77. The van der Waals surface area contributed by atoms with E-state index in [2.05, 4.69) is 10.1 Å². The van der Waals surface area contributed by atoms with Gasteiger partial charge in [-0.2, -0.15) is 0 Å². The van der Waals surface area contributed by atoms with Crippen LogP contribution in [0.2, 0.25) is 0 Å². The first-order valence-electron chi connectivity index (χ1n) is 6.09. The van der Waals surface area contributed by atoms with Crippen LogP contribution in [0.25, 0.3) is 0 Å². The monoisotopic (exact) mass is 277 g/mol. The average molecular weight is 277 g/mol. The number of nitrogens with one attached hydrogen (secondary N) is 1. The zero-order valence-electron chi connectivity index (χ0n) is 10.9. The van der Waals surface area contributed by atoms with E-state index in [1.807, 2.05) is 13.8 Å². The number of benzene rings is 1. The van der Waals surface area contributed by atoms with Crippen molar-refractivity contribution >= 4 is 0 Å². The molecule has 0 radical (unpaired) electrons. The first-order chi connectivity index (χ1) is 8.81. The lowest BCUT2D eigenvalue weighted by Crippen LogP contribution is -2.28. The minimum atomic E-state index is -4.67. The second-order valence-corrected chi connectivity index (χ2v) is 4.31. The van der Waals surface area contributed by atoms with Crippen molar-refractivity contribution in [3.05, 3.63) is 29.8 Å². The van der Waals surface area contributed by atoms with Crippen LogP contribution in [0, 0.1) is 0 Å². The predicted molar refractivity (Wildman–Crippen MR) is 65.8 cm³/mol. The summed E-state index contributed by atoms with van der Waals surface area (Å²) in [6, 6.07) is 5.63. The van der Waals surface area contributed by atoms with Crippen LogP contribution in [-0.2, 0) is 0 Å². The molecule has 6 heteroatoms. The standard InChI is InChI=1S/C13H18F3NO2/c1-3-11(18)8-17-9(2)10-4-6-12(7-5-10)19-13(14,15)16/h4-7,9,11,17-18H,3,8H2,1-2H3. The van der Waals surface area contributed by atoms with E-state index in [0.29, 0.717) is 13.0 Å². The molecule has 0 aromatic heterocycles. The number of halogens is 3. The molecule has 1 rings (SSSR count). The topological polar surface area (TPSA) is 41.5 Å². The molecule has 108 valence electrons. The summed E-state index contributed by atoms with van der Waals surface area (Å²) in [6.45, 7) is 4.20. The molecule has 0 aliphatic heterocycles. The van der Waals surface area contributed by atoms with Gasteiger partial charge in [-0.05, 0) is 31.0 Å². The van der Waals surface area contributed by atoms with Gasteiger partial charge in [-0.15, -0.1) is 13.2 Å². The van der Waals surface area contributed by atoms with E-state index in [1.54, 1.807) is 12.1 Å². The highest BCUT2D eigenvalue weighted by molar-refractivity contribution is 5.29. The molecule has 0 fully saturated rings. The third-order valence-electron chi connectivity index (χ3n) is 2.74. The van der Waals surface area contributed by atoms with Gasteiger partial charge < -0.3 is 15.2 Å². The van der Waals surface area contributed by atoms with Crippen LogP contribution < -0.4 is 10.1 Å². The van der Waals surface area contributed by atoms with Crippen molar-refractivity contribution in [1.29, 1.82) is 0 Å². The second-order valence-electron chi connectivity index (χ2n) is 4.31. The Bertz CT molecular complexity index is 378. The third kappa shape index (κ3) is 5.94. The molecular weight excluding hydrogens is 259 g/mol. The van der Waals surface area contributed by atoms with Crippen molar-refractivity contribution in [2.24, 2.45) is 0 Å². The maximum atomic E-state index is 12.0. The number of hydrogen-bond donors (Lipinski definition) is 2. The zero-order valence-corrected chi connectivity index (χ0v) is 10.9. The van der Waals surface area contributed by atoms with Gasteiger partial charge in [0, 0.05) is 12.6 Å². The lowest BCUT2D eigenvalue weighted by molar-refractivity contribution is -0.274. The minimum absolute atomic E-state index is 0.0545. The predicted octanol–water partition coefficient (Wildman–Crippen LogP) is 3.01. The summed E-state index contributed by atoms with van der Waals surface area (Å²) in [4.78, 5) is 0. The molecule has 1 aromatic carbocycles. The van der Waals surface area contributed by atoms with Gasteiger partial charge in [0.2, 0.25) is 0 Å². The van der Waals surface area contributed by atoms with Gasteiger partial charge in [0.1, 0.15) is 5.75 Å². The van der Waals surface area contributed by atoms with Gasteiger partial charge in [0.25, 0.3) is 0 Å². The maximum Gasteiger partial charge on any atom is 0.573 e. The van der Waals surface area contributed by atoms with Gasteiger partial charge in [-0.3, -0.25) is 0 Å². The highest BCUT2D eigenvalue weighted by Crippen LogP contribution is 2.24. The average Bonchev–Trinajstić information content (AvgIpc) is 2.34. The third-order valence-corrected chi connectivity index (χ3v) is 2.74. The fourth-order valence-electron chi connectivity index (χ4n) is 1.53. The van der Waals surface area contributed by atoms with Crippen molar-refractivity contribution < 1.29 is 23.0 Å². The van der Waals surface area contributed by atoms with E-state index in [-0.39, 0.29) is 11.8 Å². The Morgan fingerprint density at radius 2 is 1.84 bits per heavy atom. The molecule has 19 heavy (non-hydrogen) atoms. The molecule has 0 heterocycles.